The largest absolute Gasteiger partial charge is 0.316 e. The lowest BCUT2D eigenvalue weighted by molar-refractivity contribution is 0.191. The van der Waals surface area contributed by atoms with Gasteiger partial charge in [-0.25, -0.2) is 0 Å². The second kappa shape index (κ2) is 7.53. The predicted molar refractivity (Wildman–Crippen MR) is 81.8 cm³/mol. The fraction of sp³-hybridized carbons (Fsp3) is 1.00. The van der Waals surface area contributed by atoms with Crippen molar-refractivity contribution in [3.05, 3.63) is 0 Å². The molecule has 0 aliphatic heterocycles. The first kappa shape index (κ1) is 16.0. The molecule has 0 aromatic rings. The summed E-state index contributed by atoms with van der Waals surface area (Å²) >= 11 is 0. The molecule has 0 spiro atoms. The van der Waals surface area contributed by atoms with Crippen LogP contribution in [0.3, 0.4) is 0 Å². The molecule has 0 amide bonds. The van der Waals surface area contributed by atoms with Crippen molar-refractivity contribution in [2.24, 2.45) is 23.2 Å². The van der Waals surface area contributed by atoms with E-state index in [9.17, 15) is 0 Å². The summed E-state index contributed by atoms with van der Waals surface area (Å²) in [5.74, 6) is 2.71. The molecule has 1 aliphatic carbocycles. The zero-order chi connectivity index (χ0) is 13.6. The molecular formula is C17H35N. The fourth-order valence-corrected chi connectivity index (χ4v) is 3.11. The van der Waals surface area contributed by atoms with Crippen LogP contribution in [0.2, 0.25) is 0 Å². The van der Waals surface area contributed by atoms with E-state index in [-0.39, 0.29) is 0 Å². The second-order valence-electron chi connectivity index (χ2n) is 7.96. The number of hydrogen-bond acceptors (Lipinski definition) is 1. The van der Waals surface area contributed by atoms with Crippen molar-refractivity contribution in [1.29, 1.82) is 0 Å². The lowest BCUT2D eigenvalue weighted by Gasteiger charge is -2.34. The van der Waals surface area contributed by atoms with Crippen LogP contribution < -0.4 is 5.32 Å². The van der Waals surface area contributed by atoms with E-state index < -0.39 is 0 Å². The van der Waals surface area contributed by atoms with Crippen molar-refractivity contribution >= 4 is 0 Å². The van der Waals surface area contributed by atoms with Crippen LogP contribution in [0, 0.1) is 23.2 Å². The van der Waals surface area contributed by atoms with Gasteiger partial charge in [-0.1, -0.05) is 53.9 Å². The van der Waals surface area contributed by atoms with Gasteiger partial charge >= 0.3 is 0 Å². The van der Waals surface area contributed by atoms with Gasteiger partial charge in [0, 0.05) is 0 Å². The lowest BCUT2D eigenvalue weighted by atomic mass is 9.74. The minimum Gasteiger partial charge on any atom is -0.316 e. The van der Waals surface area contributed by atoms with Crippen LogP contribution in [0.5, 0.6) is 0 Å². The van der Waals surface area contributed by atoms with E-state index in [1.165, 1.54) is 51.6 Å². The molecule has 0 aromatic heterocycles. The normalized spacial score (nSPS) is 25.7. The van der Waals surface area contributed by atoms with Gasteiger partial charge in [-0.05, 0) is 55.5 Å². The Labute approximate surface area is 115 Å². The minimum atomic E-state index is 0.507. The number of nitrogens with one attached hydrogen (secondary N) is 1. The maximum Gasteiger partial charge on any atom is -0.00178 e. The van der Waals surface area contributed by atoms with E-state index in [1.807, 2.05) is 0 Å². The van der Waals surface area contributed by atoms with Gasteiger partial charge in [-0.15, -0.1) is 0 Å². The summed E-state index contributed by atoms with van der Waals surface area (Å²) in [5, 5.41) is 3.68. The quantitative estimate of drug-likeness (QED) is 0.712. The van der Waals surface area contributed by atoms with Gasteiger partial charge in [0.2, 0.25) is 0 Å². The van der Waals surface area contributed by atoms with Gasteiger partial charge in [-0.2, -0.15) is 0 Å². The van der Waals surface area contributed by atoms with Crippen molar-refractivity contribution < 1.29 is 0 Å². The summed E-state index contributed by atoms with van der Waals surface area (Å²) in [6, 6.07) is 0. The molecule has 0 heterocycles. The van der Waals surface area contributed by atoms with Gasteiger partial charge in [0.25, 0.3) is 0 Å². The Kier molecular flexibility index (Phi) is 6.70. The SMILES string of the molecule is CC(C)CNCC1CCCCC1CCC(C)(C)C. The number of hydrogen-bond donors (Lipinski definition) is 1. The Morgan fingerprint density at radius 1 is 1.06 bits per heavy atom. The monoisotopic (exact) mass is 253 g/mol. The fourth-order valence-electron chi connectivity index (χ4n) is 3.11. The molecule has 1 aliphatic rings. The van der Waals surface area contributed by atoms with E-state index in [1.54, 1.807) is 0 Å². The highest BCUT2D eigenvalue weighted by atomic mass is 14.9. The molecule has 0 radical (unpaired) electrons. The Bertz CT molecular complexity index is 214. The molecule has 2 atom stereocenters. The second-order valence-corrected chi connectivity index (χ2v) is 7.96. The van der Waals surface area contributed by atoms with Crippen LogP contribution in [0.1, 0.15) is 73.1 Å². The summed E-state index contributed by atoms with van der Waals surface area (Å²) in [6.45, 7) is 14.2. The first-order valence-corrected chi connectivity index (χ1v) is 8.09. The molecule has 18 heavy (non-hydrogen) atoms. The molecule has 108 valence electrons. The maximum atomic E-state index is 3.68. The highest BCUT2D eigenvalue weighted by Crippen LogP contribution is 2.35. The third kappa shape index (κ3) is 6.78. The molecule has 2 unspecified atom stereocenters. The van der Waals surface area contributed by atoms with Crippen LogP contribution >= 0.6 is 0 Å². The molecule has 0 saturated heterocycles. The van der Waals surface area contributed by atoms with Crippen LogP contribution in [0.4, 0.5) is 0 Å². The van der Waals surface area contributed by atoms with E-state index in [0.29, 0.717) is 5.41 Å². The average molecular weight is 253 g/mol. The van der Waals surface area contributed by atoms with Crippen LogP contribution in [-0.4, -0.2) is 13.1 Å². The third-order valence-electron chi connectivity index (χ3n) is 4.29. The molecule has 1 saturated carbocycles. The van der Waals surface area contributed by atoms with Crippen molar-refractivity contribution in [3.8, 4) is 0 Å². The molecule has 1 nitrogen and oxygen atoms in total. The molecule has 1 fully saturated rings. The Hall–Kier alpha value is -0.0400. The molecule has 0 aromatic carbocycles. The van der Waals surface area contributed by atoms with Gasteiger partial charge < -0.3 is 5.32 Å². The first-order chi connectivity index (χ1) is 8.38. The van der Waals surface area contributed by atoms with Gasteiger partial charge in [0.1, 0.15) is 0 Å². The zero-order valence-electron chi connectivity index (χ0n) is 13.4. The Morgan fingerprint density at radius 2 is 1.67 bits per heavy atom. The van der Waals surface area contributed by atoms with E-state index in [2.05, 4.69) is 39.9 Å². The van der Waals surface area contributed by atoms with Crippen LogP contribution in [0.25, 0.3) is 0 Å². The van der Waals surface area contributed by atoms with E-state index in [0.717, 1.165) is 17.8 Å². The first-order valence-electron chi connectivity index (χ1n) is 8.09. The smallest absolute Gasteiger partial charge is 0.00178 e. The highest BCUT2D eigenvalue weighted by Gasteiger charge is 2.26. The topological polar surface area (TPSA) is 12.0 Å². The average Bonchev–Trinajstić information content (AvgIpc) is 2.26. The minimum absolute atomic E-state index is 0.507. The molecule has 1 rings (SSSR count). The lowest BCUT2D eigenvalue weighted by Crippen LogP contribution is -2.33. The molecule has 1 N–H and O–H groups in total. The molecule has 1 heteroatoms. The van der Waals surface area contributed by atoms with E-state index in [4.69, 9.17) is 0 Å². The summed E-state index contributed by atoms with van der Waals surface area (Å²) in [4.78, 5) is 0. The summed E-state index contributed by atoms with van der Waals surface area (Å²) < 4.78 is 0. The van der Waals surface area contributed by atoms with Gasteiger partial charge in [-0.3, -0.25) is 0 Å². The molecule has 0 bridgehead atoms. The van der Waals surface area contributed by atoms with Gasteiger partial charge in [0.15, 0.2) is 0 Å². The third-order valence-corrected chi connectivity index (χ3v) is 4.29. The Morgan fingerprint density at radius 3 is 2.22 bits per heavy atom. The van der Waals surface area contributed by atoms with Crippen LogP contribution in [0.15, 0.2) is 0 Å². The van der Waals surface area contributed by atoms with Crippen molar-refractivity contribution in [2.45, 2.75) is 73.1 Å². The Balaban J connectivity index is 2.32. The van der Waals surface area contributed by atoms with E-state index >= 15 is 0 Å². The van der Waals surface area contributed by atoms with Gasteiger partial charge in [0.05, 0.1) is 0 Å². The highest BCUT2D eigenvalue weighted by molar-refractivity contribution is 4.79. The van der Waals surface area contributed by atoms with Crippen molar-refractivity contribution in [3.63, 3.8) is 0 Å². The standard InChI is InChI=1S/C17H35N/c1-14(2)12-18-13-16-9-7-6-8-15(16)10-11-17(3,4)5/h14-16,18H,6-13H2,1-5H3. The summed E-state index contributed by atoms with van der Waals surface area (Å²) in [7, 11) is 0. The number of rotatable bonds is 6. The van der Waals surface area contributed by atoms with Crippen molar-refractivity contribution in [2.75, 3.05) is 13.1 Å². The zero-order valence-corrected chi connectivity index (χ0v) is 13.4. The summed E-state index contributed by atoms with van der Waals surface area (Å²) in [6.07, 6.45) is 8.69. The van der Waals surface area contributed by atoms with Crippen LogP contribution in [-0.2, 0) is 0 Å². The maximum absolute atomic E-state index is 3.68. The molecular weight excluding hydrogens is 218 g/mol. The summed E-state index contributed by atoms with van der Waals surface area (Å²) in [5.41, 5.74) is 0.507. The van der Waals surface area contributed by atoms with Crippen molar-refractivity contribution in [1.82, 2.24) is 5.32 Å². The predicted octanol–water partition coefficient (Wildman–Crippen LogP) is 4.86.